The predicted molar refractivity (Wildman–Crippen MR) is 77.6 cm³/mol. The number of anilines is 1. The average Bonchev–Trinajstić information content (AvgIpc) is 2.54. The van der Waals surface area contributed by atoms with E-state index < -0.39 is 6.17 Å². The number of carbonyl (C=O) groups excluding carboxylic acids is 2. The van der Waals surface area contributed by atoms with Crippen LogP contribution >= 0.6 is 0 Å². The Morgan fingerprint density at radius 1 is 1.55 bits per heavy atom. The van der Waals surface area contributed by atoms with Crippen LogP contribution in [0.5, 0.6) is 0 Å². The largest absolute Gasteiger partial charge is 0.465 e. The fraction of sp³-hybridized carbons (Fsp3) is 0.571. The zero-order chi connectivity index (χ0) is 15.9. The molecule has 2 heterocycles. The summed E-state index contributed by atoms with van der Waals surface area (Å²) in [5, 5.41) is 2.89. The third-order valence-corrected chi connectivity index (χ3v) is 3.46. The lowest BCUT2D eigenvalue weighted by atomic mass is 10.0. The summed E-state index contributed by atoms with van der Waals surface area (Å²) in [5.74, 6) is 0.157. The van der Waals surface area contributed by atoms with E-state index in [9.17, 15) is 14.0 Å². The summed E-state index contributed by atoms with van der Waals surface area (Å²) < 4.78 is 19.0. The van der Waals surface area contributed by atoms with Crippen molar-refractivity contribution in [1.29, 1.82) is 0 Å². The number of rotatable bonds is 6. The van der Waals surface area contributed by atoms with Crippen molar-refractivity contribution in [2.45, 2.75) is 25.6 Å². The van der Waals surface area contributed by atoms with Crippen molar-refractivity contribution in [1.82, 2.24) is 15.3 Å². The molecule has 1 aromatic heterocycles. The first-order valence-electron chi connectivity index (χ1n) is 7.19. The van der Waals surface area contributed by atoms with Crippen molar-refractivity contribution in [3.05, 3.63) is 18.1 Å². The van der Waals surface area contributed by atoms with E-state index in [0.717, 1.165) is 0 Å². The van der Waals surface area contributed by atoms with Gasteiger partial charge in [-0.2, -0.15) is 0 Å². The minimum Gasteiger partial charge on any atom is -0.465 e. The van der Waals surface area contributed by atoms with Gasteiger partial charge in [0.2, 0.25) is 0 Å². The predicted octanol–water partition coefficient (Wildman–Crippen LogP) is 0.359. The van der Waals surface area contributed by atoms with Crippen LogP contribution in [0.4, 0.5) is 10.2 Å². The molecule has 0 radical (unpaired) electrons. The van der Waals surface area contributed by atoms with Crippen molar-refractivity contribution < 1.29 is 18.7 Å². The van der Waals surface area contributed by atoms with E-state index in [1.165, 1.54) is 12.4 Å². The molecule has 0 saturated carbocycles. The average molecular weight is 310 g/mol. The minimum absolute atomic E-state index is 0.00671. The summed E-state index contributed by atoms with van der Waals surface area (Å²) in [7, 11) is 0. The molecular formula is C14H19FN4O3. The fourth-order valence-corrected chi connectivity index (χ4v) is 2.32. The Bertz CT molecular complexity index is 511. The van der Waals surface area contributed by atoms with E-state index in [0.29, 0.717) is 31.7 Å². The highest BCUT2D eigenvalue weighted by atomic mass is 19.1. The zero-order valence-electron chi connectivity index (χ0n) is 12.4. The Kier molecular flexibility index (Phi) is 5.76. The van der Waals surface area contributed by atoms with Crippen molar-refractivity contribution in [3.63, 3.8) is 0 Å². The second-order valence-corrected chi connectivity index (χ2v) is 4.96. The van der Waals surface area contributed by atoms with Crippen LogP contribution in [0.3, 0.4) is 0 Å². The maximum absolute atomic E-state index is 14.2. The maximum Gasteiger partial charge on any atom is 0.319 e. The van der Waals surface area contributed by atoms with Gasteiger partial charge in [0.05, 0.1) is 32.1 Å². The number of piperidine rings is 1. The van der Waals surface area contributed by atoms with Crippen LogP contribution in [0.25, 0.3) is 0 Å². The number of carbonyl (C=O) groups is 2. The van der Waals surface area contributed by atoms with Gasteiger partial charge in [0.15, 0.2) is 6.29 Å². The van der Waals surface area contributed by atoms with Gasteiger partial charge in [0, 0.05) is 12.6 Å². The van der Waals surface area contributed by atoms with Crippen LogP contribution in [0, 0.1) is 0 Å². The number of alkyl halides is 1. The standard InChI is InChI=1S/C14H19FN4O3/c1-2-22-14(21)7-17-12-3-4-19(8-11(12)15)13-6-16-10(9-20)5-18-13/h5-6,9,11-12,17H,2-4,7-8H2,1H3/t11-,12+/m0/s1. The van der Waals surface area contributed by atoms with Gasteiger partial charge < -0.3 is 15.0 Å². The molecule has 0 bridgehead atoms. The lowest BCUT2D eigenvalue weighted by molar-refractivity contribution is -0.142. The van der Waals surface area contributed by atoms with Crippen molar-refractivity contribution >= 4 is 18.1 Å². The molecule has 7 nitrogen and oxygen atoms in total. The summed E-state index contributed by atoms with van der Waals surface area (Å²) in [6.45, 7) is 2.80. The highest BCUT2D eigenvalue weighted by molar-refractivity contribution is 5.71. The molecule has 22 heavy (non-hydrogen) atoms. The zero-order valence-corrected chi connectivity index (χ0v) is 12.4. The summed E-state index contributed by atoms with van der Waals surface area (Å²) >= 11 is 0. The number of hydrogen-bond acceptors (Lipinski definition) is 7. The molecule has 1 aliphatic heterocycles. The molecule has 0 amide bonds. The first kappa shape index (κ1) is 16.3. The third-order valence-electron chi connectivity index (χ3n) is 3.46. The minimum atomic E-state index is -1.13. The number of nitrogens with zero attached hydrogens (tertiary/aromatic N) is 3. The van der Waals surface area contributed by atoms with Crippen LogP contribution in [-0.2, 0) is 9.53 Å². The number of ether oxygens (including phenoxy) is 1. The summed E-state index contributed by atoms with van der Waals surface area (Å²) in [4.78, 5) is 31.6. The van der Waals surface area contributed by atoms with E-state index in [-0.39, 0.29) is 30.8 Å². The van der Waals surface area contributed by atoms with Gasteiger partial charge in [-0.05, 0) is 13.3 Å². The molecule has 1 N–H and O–H groups in total. The first-order valence-corrected chi connectivity index (χ1v) is 7.19. The summed E-state index contributed by atoms with van der Waals surface area (Å²) in [5.41, 5.74) is 0.242. The van der Waals surface area contributed by atoms with Gasteiger partial charge in [-0.15, -0.1) is 0 Å². The van der Waals surface area contributed by atoms with E-state index in [4.69, 9.17) is 4.74 Å². The maximum atomic E-state index is 14.2. The van der Waals surface area contributed by atoms with Crippen LogP contribution in [0.1, 0.15) is 23.8 Å². The molecule has 1 fully saturated rings. The van der Waals surface area contributed by atoms with Gasteiger partial charge in [-0.1, -0.05) is 0 Å². The van der Waals surface area contributed by atoms with E-state index in [2.05, 4.69) is 15.3 Å². The number of hydrogen-bond donors (Lipinski definition) is 1. The van der Waals surface area contributed by atoms with Gasteiger partial charge in [0.1, 0.15) is 17.7 Å². The van der Waals surface area contributed by atoms with Gasteiger partial charge in [-0.3, -0.25) is 9.59 Å². The number of esters is 1. The number of aromatic nitrogens is 2. The van der Waals surface area contributed by atoms with Gasteiger partial charge in [0.25, 0.3) is 0 Å². The Morgan fingerprint density at radius 2 is 2.36 bits per heavy atom. The molecule has 1 aliphatic rings. The Labute approximate surface area is 127 Å². The Balaban J connectivity index is 1.86. The quantitative estimate of drug-likeness (QED) is 0.600. The van der Waals surface area contributed by atoms with E-state index in [1.54, 1.807) is 11.8 Å². The SMILES string of the molecule is CCOC(=O)CN[C@@H]1CCN(c2cnc(C=O)cn2)C[C@@H]1F. The fourth-order valence-electron chi connectivity index (χ4n) is 2.32. The first-order chi connectivity index (χ1) is 10.6. The molecule has 1 saturated heterocycles. The van der Waals surface area contributed by atoms with E-state index >= 15 is 0 Å². The highest BCUT2D eigenvalue weighted by Gasteiger charge is 2.30. The third kappa shape index (κ3) is 4.20. The smallest absolute Gasteiger partial charge is 0.319 e. The summed E-state index contributed by atoms with van der Waals surface area (Å²) in [6.07, 6.45) is 2.84. The lowest BCUT2D eigenvalue weighted by Gasteiger charge is -2.35. The molecule has 120 valence electrons. The van der Waals surface area contributed by atoms with Crippen molar-refractivity contribution in [2.24, 2.45) is 0 Å². The molecule has 0 aromatic carbocycles. The van der Waals surface area contributed by atoms with Crippen LogP contribution in [0.2, 0.25) is 0 Å². The molecule has 2 rings (SSSR count). The lowest BCUT2D eigenvalue weighted by Crippen LogP contribution is -2.52. The van der Waals surface area contributed by atoms with E-state index in [1.807, 2.05) is 0 Å². The topological polar surface area (TPSA) is 84.4 Å². The van der Waals surface area contributed by atoms with Gasteiger partial charge >= 0.3 is 5.97 Å². The second kappa shape index (κ2) is 7.79. The molecule has 0 aliphatic carbocycles. The Morgan fingerprint density at radius 3 is 2.95 bits per heavy atom. The van der Waals surface area contributed by atoms with Crippen LogP contribution in [-0.4, -0.2) is 60.7 Å². The number of nitrogens with one attached hydrogen (secondary N) is 1. The molecular weight excluding hydrogens is 291 g/mol. The normalized spacial score (nSPS) is 21.5. The molecule has 0 unspecified atom stereocenters. The number of halogens is 1. The van der Waals surface area contributed by atoms with Crippen molar-refractivity contribution in [3.8, 4) is 0 Å². The molecule has 2 atom stereocenters. The van der Waals surface area contributed by atoms with Crippen molar-refractivity contribution in [2.75, 3.05) is 31.1 Å². The molecule has 1 aromatic rings. The van der Waals surface area contributed by atoms with Crippen LogP contribution in [0.15, 0.2) is 12.4 Å². The monoisotopic (exact) mass is 310 g/mol. The number of aldehydes is 1. The summed E-state index contributed by atoms with van der Waals surface area (Å²) in [6, 6.07) is -0.386. The second-order valence-electron chi connectivity index (χ2n) is 4.96. The molecule has 8 heteroatoms. The molecule has 0 spiro atoms. The highest BCUT2D eigenvalue weighted by Crippen LogP contribution is 2.19. The van der Waals surface area contributed by atoms with Gasteiger partial charge in [-0.25, -0.2) is 14.4 Å². The van der Waals surface area contributed by atoms with Crippen LogP contribution < -0.4 is 10.2 Å². The Hall–Kier alpha value is -2.09.